The highest BCUT2D eigenvalue weighted by atomic mass is 16.5. The molecule has 1 aliphatic carbocycles. The van der Waals surface area contributed by atoms with Gasteiger partial charge in [-0.15, -0.1) is 0 Å². The van der Waals surface area contributed by atoms with E-state index in [-0.39, 0.29) is 5.41 Å². The first-order valence-corrected chi connectivity index (χ1v) is 7.12. The second-order valence-electron chi connectivity index (χ2n) is 5.50. The van der Waals surface area contributed by atoms with E-state index in [4.69, 9.17) is 15.2 Å². The van der Waals surface area contributed by atoms with Crippen molar-refractivity contribution >= 4 is 0 Å². The molecular formula is C16H25NO2. The number of hydrogen-bond donors (Lipinski definition) is 1. The molecule has 0 unspecified atom stereocenters. The van der Waals surface area contributed by atoms with Crippen molar-refractivity contribution in [1.29, 1.82) is 0 Å². The summed E-state index contributed by atoms with van der Waals surface area (Å²) in [5.41, 5.74) is 8.83. The Morgan fingerprint density at radius 2 is 1.89 bits per heavy atom. The summed E-state index contributed by atoms with van der Waals surface area (Å²) < 4.78 is 10.7. The number of hydrogen-bond acceptors (Lipinski definition) is 3. The lowest BCUT2D eigenvalue weighted by molar-refractivity contribution is 0.180. The highest BCUT2D eigenvalue weighted by Crippen LogP contribution is 2.41. The molecule has 1 saturated carbocycles. The Bertz CT molecular complexity index is 411. The summed E-state index contributed by atoms with van der Waals surface area (Å²) in [5.74, 6) is 0.910. The minimum Gasteiger partial charge on any atom is -0.497 e. The molecule has 0 atom stereocenters. The maximum absolute atomic E-state index is 6.15. The lowest BCUT2D eigenvalue weighted by Crippen LogP contribution is -2.38. The van der Waals surface area contributed by atoms with E-state index in [2.05, 4.69) is 12.1 Å². The Hall–Kier alpha value is -1.06. The van der Waals surface area contributed by atoms with Crippen LogP contribution in [0.3, 0.4) is 0 Å². The Morgan fingerprint density at radius 1 is 1.16 bits per heavy atom. The van der Waals surface area contributed by atoms with Gasteiger partial charge in [0.1, 0.15) is 5.75 Å². The fourth-order valence-electron chi connectivity index (χ4n) is 3.27. The molecule has 0 aliphatic heterocycles. The van der Waals surface area contributed by atoms with Crippen LogP contribution in [-0.2, 0) is 16.8 Å². The Morgan fingerprint density at radius 3 is 2.47 bits per heavy atom. The van der Waals surface area contributed by atoms with Gasteiger partial charge in [-0.05, 0) is 36.1 Å². The lowest BCUT2D eigenvalue weighted by Gasteiger charge is -2.38. The van der Waals surface area contributed by atoms with Crippen LogP contribution in [0.2, 0.25) is 0 Å². The van der Waals surface area contributed by atoms with Crippen LogP contribution < -0.4 is 10.5 Å². The zero-order valence-corrected chi connectivity index (χ0v) is 12.1. The number of nitrogens with two attached hydrogens (primary N) is 1. The molecule has 19 heavy (non-hydrogen) atoms. The molecule has 0 bridgehead atoms. The van der Waals surface area contributed by atoms with Crippen LogP contribution in [0.1, 0.15) is 43.2 Å². The quantitative estimate of drug-likeness (QED) is 0.888. The van der Waals surface area contributed by atoms with Gasteiger partial charge in [0.15, 0.2) is 0 Å². The van der Waals surface area contributed by atoms with Crippen molar-refractivity contribution in [2.75, 3.05) is 20.8 Å². The molecule has 106 valence electrons. The molecule has 1 fully saturated rings. The van der Waals surface area contributed by atoms with E-state index in [1.165, 1.54) is 43.2 Å². The Kier molecular flexibility index (Phi) is 4.83. The van der Waals surface area contributed by atoms with E-state index in [0.29, 0.717) is 13.2 Å². The van der Waals surface area contributed by atoms with E-state index in [1.807, 2.05) is 6.07 Å². The number of ether oxygens (including phenoxy) is 2. The Balaban J connectivity index is 2.43. The van der Waals surface area contributed by atoms with Crippen molar-refractivity contribution in [2.24, 2.45) is 5.73 Å². The first kappa shape index (κ1) is 14.4. The smallest absolute Gasteiger partial charge is 0.119 e. The largest absolute Gasteiger partial charge is 0.497 e. The van der Waals surface area contributed by atoms with Gasteiger partial charge in [0.05, 0.1) is 13.7 Å². The Labute approximate surface area is 116 Å². The van der Waals surface area contributed by atoms with Crippen LogP contribution in [0.4, 0.5) is 0 Å². The second-order valence-corrected chi connectivity index (χ2v) is 5.50. The predicted octanol–water partition coefficient (Wildman–Crippen LogP) is 3.00. The molecule has 3 heteroatoms. The van der Waals surface area contributed by atoms with Crippen LogP contribution in [0.25, 0.3) is 0 Å². The fourth-order valence-corrected chi connectivity index (χ4v) is 3.27. The molecule has 0 spiro atoms. The zero-order chi connectivity index (χ0) is 13.7. The van der Waals surface area contributed by atoms with E-state index < -0.39 is 0 Å². The third-order valence-electron chi connectivity index (χ3n) is 4.39. The van der Waals surface area contributed by atoms with Gasteiger partial charge < -0.3 is 15.2 Å². The van der Waals surface area contributed by atoms with Crippen molar-refractivity contribution in [1.82, 2.24) is 0 Å². The summed E-state index contributed by atoms with van der Waals surface area (Å²) in [6.07, 6.45) is 6.20. The molecule has 1 aliphatic rings. The van der Waals surface area contributed by atoms with Gasteiger partial charge in [-0.1, -0.05) is 25.3 Å². The average molecular weight is 263 g/mol. The van der Waals surface area contributed by atoms with Gasteiger partial charge in [0.2, 0.25) is 0 Å². The third kappa shape index (κ3) is 2.93. The van der Waals surface area contributed by atoms with Gasteiger partial charge in [-0.25, -0.2) is 0 Å². The summed E-state index contributed by atoms with van der Waals surface area (Å²) >= 11 is 0. The molecule has 2 rings (SSSR count). The number of benzene rings is 1. The summed E-state index contributed by atoms with van der Waals surface area (Å²) in [6, 6.07) is 6.28. The van der Waals surface area contributed by atoms with Crippen molar-refractivity contribution in [3.63, 3.8) is 0 Å². The molecule has 0 heterocycles. The number of methoxy groups -OCH3 is 2. The van der Waals surface area contributed by atoms with Crippen molar-refractivity contribution in [3.8, 4) is 5.75 Å². The fraction of sp³-hybridized carbons (Fsp3) is 0.625. The highest BCUT2D eigenvalue weighted by Gasteiger charge is 2.34. The minimum atomic E-state index is 0.112. The van der Waals surface area contributed by atoms with Gasteiger partial charge in [-0.3, -0.25) is 0 Å². The maximum Gasteiger partial charge on any atom is 0.119 e. The summed E-state index contributed by atoms with van der Waals surface area (Å²) in [6.45, 7) is 1.35. The molecular weight excluding hydrogens is 238 g/mol. The van der Waals surface area contributed by atoms with Gasteiger partial charge in [0, 0.05) is 19.1 Å². The van der Waals surface area contributed by atoms with Gasteiger partial charge in [-0.2, -0.15) is 0 Å². The molecule has 2 N–H and O–H groups in total. The first-order chi connectivity index (χ1) is 9.25. The van der Waals surface area contributed by atoms with Crippen LogP contribution in [0.5, 0.6) is 5.75 Å². The van der Waals surface area contributed by atoms with Crippen molar-refractivity contribution < 1.29 is 9.47 Å². The minimum absolute atomic E-state index is 0.112. The molecule has 3 nitrogen and oxygen atoms in total. The summed E-state index contributed by atoms with van der Waals surface area (Å²) in [5, 5.41) is 0. The van der Waals surface area contributed by atoms with Crippen LogP contribution >= 0.6 is 0 Å². The second kappa shape index (κ2) is 6.40. The highest BCUT2D eigenvalue weighted by molar-refractivity contribution is 5.41. The topological polar surface area (TPSA) is 44.5 Å². The van der Waals surface area contributed by atoms with Crippen molar-refractivity contribution in [3.05, 3.63) is 29.3 Å². The molecule has 1 aromatic carbocycles. The first-order valence-electron chi connectivity index (χ1n) is 7.12. The van der Waals surface area contributed by atoms with E-state index in [0.717, 1.165) is 5.75 Å². The average Bonchev–Trinajstić information content (AvgIpc) is 2.48. The lowest BCUT2D eigenvalue weighted by atomic mass is 9.68. The van der Waals surface area contributed by atoms with E-state index in [1.54, 1.807) is 14.2 Å². The van der Waals surface area contributed by atoms with Gasteiger partial charge in [0.25, 0.3) is 0 Å². The summed E-state index contributed by atoms with van der Waals surface area (Å²) in [7, 11) is 3.45. The molecule has 0 amide bonds. The molecule has 0 radical (unpaired) electrons. The number of rotatable bonds is 5. The molecule has 0 aromatic heterocycles. The van der Waals surface area contributed by atoms with Gasteiger partial charge >= 0.3 is 0 Å². The van der Waals surface area contributed by atoms with Crippen LogP contribution in [0.15, 0.2) is 18.2 Å². The SMILES string of the molecule is COCc1ccc(OC)cc1C1(CN)CCCCC1. The van der Waals surface area contributed by atoms with E-state index in [9.17, 15) is 0 Å². The maximum atomic E-state index is 6.15. The standard InChI is InChI=1S/C16H25NO2/c1-18-11-13-6-7-14(19-2)10-15(13)16(12-17)8-4-3-5-9-16/h6-7,10H,3-5,8-9,11-12,17H2,1-2H3. The molecule has 1 aromatic rings. The van der Waals surface area contributed by atoms with E-state index >= 15 is 0 Å². The zero-order valence-electron chi connectivity index (χ0n) is 12.1. The predicted molar refractivity (Wildman–Crippen MR) is 77.5 cm³/mol. The van der Waals surface area contributed by atoms with Crippen molar-refractivity contribution in [2.45, 2.75) is 44.1 Å². The monoisotopic (exact) mass is 263 g/mol. The normalized spacial score (nSPS) is 18.3. The molecule has 0 saturated heterocycles. The van der Waals surface area contributed by atoms with Crippen LogP contribution in [0, 0.1) is 0 Å². The third-order valence-corrected chi connectivity index (χ3v) is 4.39. The summed E-state index contributed by atoms with van der Waals surface area (Å²) in [4.78, 5) is 0. The van der Waals surface area contributed by atoms with Crippen LogP contribution in [-0.4, -0.2) is 20.8 Å².